The number of hydrogen-bond acceptors (Lipinski definition) is 11. The predicted molar refractivity (Wildman–Crippen MR) is 124 cm³/mol. The molecule has 3 aromatic carbocycles. The smallest absolute Gasteiger partial charge is 0.297 e. The Bertz CT molecular complexity index is 1780. The molecule has 0 radical (unpaired) electrons. The molecule has 192 valence electrons. The van der Waals surface area contributed by atoms with Gasteiger partial charge in [0, 0.05) is 23.4 Å². The van der Waals surface area contributed by atoms with Gasteiger partial charge in [-0.15, -0.1) is 10.2 Å². The Hall–Kier alpha value is -3.68. The van der Waals surface area contributed by atoms with Gasteiger partial charge in [-0.2, -0.15) is 25.3 Å². The molecular formula is C18H16N4O11S3. The van der Waals surface area contributed by atoms with Crippen molar-refractivity contribution in [1.29, 1.82) is 0 Å². The van der Waals surface area contributed by atoms with Crippen LogP contribution in [0, 0.1) is 0 Å². The van der Waals surface area contributed by atoms with Crippen LogP contribution in [0.3, 0.4) is 0 Å². The molecule has 0 unspecified atom stereocenters. The zero-order chi connectivity index (χ0) is 27.2. The van der Waals surface area contributed by atoms with Crippen LogP contribution in [0.1, 0.15) is 6.92 Å². The van der Waals surface area contributed by atoms with Gasteiger partial charge in [-0.1, -0.05) is 0 Å². The molecule has 0 aromatic heterocycles. The van der Waals surface area contributed by atoms with Crippen molar-refractivity contribution in [3.63, 3.8) is 0 Å². The second-order valence-electron chi connectivity index (χ2n) is 7.14. The third-order valence-corrected chi connectivity index (χ3v) is 7.29. The van der Waals surface area contributed by atoms with Gasteiger partial charge in [0.1, 0.15) is 26.1 Å². The molecule has 3 rings (SSSR count). The first kappa shape index (κ1) is 26.9. The Morgan fingerprint density at radius 2 is 1.44 bits per heavy atom. The lowest BCUT2D eigenvalue weighted by atomic mass is 10.1. The largest absolute Gasteiger partial charge is 0.505 e. The molecular weight excluding hydrogens is 544 g/mol. The van der Waals surface area contributed by atoms with Crippen LogP contribution in [0.15, 0.2) is 61.3 Å². The molecule has 0 saturated heterocycles. The van der Waals surface area contributed by atoms with Gasteiger partial charge in [0.15, 0.2) is 5.75 Å². The van der Waals surface area contributed by atoms with Crippen LogP contribution in [0.2, 0.25) is 0 Å². The number of nitrogens with zero attached hydrogens (tertiary/aromatic N) is 2. The van der Waals surface area contributed by atoms with E-state index < -0.39 is 79.1 Å². The fourth-order valence-electron chi connectivity index (χ4n) is 3.18. The average Bonchev–Trinajstić information content (AvgIpc) is 2.70. The number of aromatic hydroxyl groups is 1. The number of benzene rings is 3. The molecule has 18 heteroatoms. The lowest BCUT2D eigenvalue weighted by molar-refractivity contribution is -0.114. The van der Waals surface area contributed by atoms with E-state index in [2.05, 4.69) is 15.5 Å². The summed E-state index contributed by atoms with van der Waals surface area (Å²) in [6.45, 7) is 1.14. The van der Waals surface area contributed by atoms with E-state index in [0.717, 1.165) is 31.2 Å². The van der Waals surface area contributed by atoms with E-state index in [9.17, 15) is 48.8 Å². The third-order valence-electron chi connectivity index (χ3n) is 4.57. The van der Waals surface area contributed by atoms with Crippen molar-refractivity contribution in [2.75, 3.05) is 11.1 Å². The summed E-state index contributed by atoms with van der Waals surface area (Å²) in [6.07, 6.45) is 0. The minimum Gasteiger partial charge on any atom is -0.505 e. The van der Waals surface area contributed by atoms with Crippen molar-refractivity contribution in [1.82, 2.24) is 0 Å². The molecule has 36 heavy (non-hydrogen) atoms. The molecule has 3 aromatic rings. The van der Waals surface area contributed by atoms with Gasteiger partial charge in [0.2, 0.25) is 5.91 Å². The zero-order valence-electron chi connectivity index (χ0n) is 17.8. The topological polar surface area (TPSA) is 263 Å². The highest BCUT2D eigenvalue weighted by Gasteiger charge is 2.27. The van der Waals surface area contributed by atoms with Crippen LogP contribution in [-0.2, 0) is 35.1 Å². The van der Waals surface area contributed by atoms with Crippen molar-refractivity contribution in [2.45, 2.75) is 21.6 Å². The number of carbonyl (C=O) groups is 1. The Morgan fingerprint density at radius 1 is 0.833 bits per heavy atom. The van der Waals surface area contributed by atoms with Gasteiger partial charge in [-0.3, -0.25) is 18.5 Å². The quantitative estimate of drug-likeness (QED) is 0.144. The number of anilines is 2. The maximum atomic E-state index is 12.0. The second kappa shape index (κ2) is 9.08. The van der Waals surface area contributed by atoms with Gasteiger partial charge < -0.3 is 16.2 Å². The molecule has 0 heterocycles. The minimum absolute atomic E-state index is 0.0448. The Labute approximate surface area is 203 Å². The van der Waals surface area contributed by atoms with Crippen LogP contribution >= 0.6 is 0 Å². The monoisotopic (exact) mass is 560 g/mol. The van der Waals surface area contributed by atoms with Crippen molar-refractivity contribution >= 4 is 69.8 Å². The number of azo groups is 1. The van der Waals surface area contributed by atoms with Crippen molar-refractivity contribution in [3.05, 3.63) is 36.4 Å². The first-order valence-corrected chi connectivity index (χ1v) is 13.6. The van der Waals surface area contributed by atoms with E-state index in [0.29, 0.717) is 6.07 Å². The first-order valence-electron chi connectivity index (χ1n) is 9.25. The highest BCUT2D eigenvalue weighted by molar-refractivity contribution is 7.86. The number of amides is 1. The molecule has 0 aliphatic carbocycles. The number of carbonyl (C=O) groups excluding carboxylic acids is 1. The van der Waals surface area contributed by atoms with E-state index in [4.69, 9.17) is 5.73 Å². The summed E-state index contributed by atoms with van der Waals surface area (Å²) in [6, 6.07) is 5.59. The second-order valence-corrected chi connectivity index (χ2v) is 11.3. The van der Waals surface area contributed by atoms with Gasteiger partial charge in [0.25, 0.3) is 30.4 Å². The third kappa shape index (κ3) is 5.42. The molecule has 0 aliphatic rings. The van der Waals surface area contributed by atoms with E-state index in [-0.39, 0.29) is 11.1 Å². The van der Waals surface area contributed by atoms with Gasteiger partial charge >= 0.3 is 0 Å². The summed E-state index contributed by atoms with van der Waals surface area (Å²) < 4.78 is 99.9. The molecule has 0 atom stereocenters. The number of nitrogens with two attached hydrogens (primary N) is 1. The fraction of sp³-hybridized carbons (Fsp3) is 0.0556. The zero-order valence-corrected chi connectivity index (χ0v) is 20.3. The molecule has 0 saturated carbocycles. The molecule has 1 amide bonds. The Balaban J connectivity index is 2.35. The Kier molecular flexibility index (Phi) is 6.79. The van der Waals surface area contributed by atoms with E-state index in [1.807, 2.05) is 0 Å². The van der Waals surface area contributed by atoms with E-state index in [1.54, 1.807) is 0 Å². The summed E-state index contributed by atoms with van der Waals surface area (Å²) in [4.78, 5) is 8.24. The molecule has 15 nitrogen and oxygen atoms in total. The minimum atomic E-state index is -5.23. The van der Waals surface area contributed by atoms with Crippen molar-refractivity contribution in [2.24, 2.45) is 10.2 Å². The standard InChI is InChI=1S/C18H16N4O11S3/c1-8(23)20-9-2-5-13(14(6-9)34(25,26)27)21-22-16-15(35(28,29)30)7-11-10(17(16)24)3-4-12(19)18(11)36(31,32)33/h2-7,24H,19H2,1H3,(H,20,23)(H,25,26,27)(H,28,29,30)(H,31,32,33). The van der Waals surface area contributed by atoms with Gasteiger partial charge in [0.05, 0.1) is 5.69 Å². The van der Waals surface area contributed by atoms with Crippen LogP contribution in [-0.4, -0.2) is 49.9 Å². The number of phenols is 1. The number of hydrogen-bond donors (Lipinski definition) is 6. The van der Waals surface area contributed by atoms with Crippen molar-refractivity contribution in [3.8, 4) is 5.75 Å². The summed E-state index contributed by atoms with van der Waals surface area (Å²) in [5, 5.41) is 19.0. The summed E-state index contributed by atoms with van der Waals surface area (Å²) in [5.41, 5.74) is 3.52. The Morgan fingerprint density at radius 3 is 1.97 bits per heavy atom. The maximum absolute atomic E-state index is 12.0. The molecule has 0 bridgehead atoms. The predicted octanol–water partition coefficient (Wildman–Crippen LogP) is 2.24. The van der Waals surface area contributed by atoms with Crippen molar-refractivity contribution < 1.29 is 48.8 Å². The van der Waals surface area contributed by atoms with E-state index in [1.165, 1.54) is 6.07 Å². The van der Waals surface area contributed by atoms with E-state index >= 15 is 0 Å². The molecule has 0 fully saturated rings. The number of nitrogens with one attached hydrogen (secondary N) is 1. The van der Waals surface area contributed by atoms with Crippen LogP contribution in [0.25, 0.3) is 10.8 Å². The first-order chi connectivity index (χ1) is 16.4. The molecule has 0 spiro atoms. The number of phenolic OH excluding ortho intramolecular Hbond substituents is 1. The number of nitrogen functional groups attached to an aromatic ring is 1. The lowest BCUT2D eigenvalue weighted by Crippen LogP contribution is -2.07. The molecule has 7 N–H and O–H groups in total. The summed E-state index contributed by atoms with van der Waals surface area (Å²) in [5.74, 6) is -1.59. The maximum Gasteiger partial charge on any atom is 0.297 e. The number of rotatable bonds is 6. The van der Waals surface area contributed by atoms with Crippen LogP contribution < -0.4 is 11.1 Å². The normalized spacial score (nSPS) is 12.8. The highest BCUT2D eigenvalue weighted by atomic mass is 32.2. The van der Waals surface area contributed by atoms with Crippen LogP contribution in [0.4, 0.5) is 22.7 Å². The SMILES string of the molecule is CC(=O)Nc1ccc(N=Nc2c(S(=O)(=O)O)cc3c(S(=O)(=O)O)c(N)ccc3c2O)c(S(=O)(=O)O)c1. The highest BCUT2D eigenvalue weighted by Crippen LogP contribution is 2.44. The lowest BCUT2D eigenvalue weighted by Gasteiger charge is -2.12. The summed E-state index contributed by atoms with van der Waals surface area (Å²) >= 11 is 0. The van der Waals surface area contributed by atoms with Crippen LogP contribution in [0.5, 0.6) is 5.75 Å². The molecule has 0 aliphatic heterocycles. The van der Waals surface area contributed by atoms with Gasteiger partial charge in [-0.05, 0) is 36.4 Å². The fourth-order valence-corrected chi connectivity index (χ4v) is 5.29. The summed E-state index contributed by atoms with van der Waals surface area (Å²) in [7, 11) is -15.2. The number of fused-ring (bicyclic) bond motifs is 1. The van der Waals surface area contributed by atoms with Gasteiger partial charge in [-0.25, -0.2) is 0 Å². The average molecular weight is 561 g/mol.